The normalized spacial score (nSPS) is 33.5. The molecule has 1 atom stereocenters. The Balaban J connectivity index is 1.45. The Hall–Kier alpha value is -0.180. The van der Waals surface area contributed by atoms with Gasteiger partial charge in [-0.3, -0.25) is 4.99 Å². The van der Waals surface area contributed by atoms with Crippen LogP contribution in [0.25, 0.3) is 0 Å². The number of hydrogen-bond donors (Lipinski definition) is 1. The van der Waals surface area contributed by atoms with E-state index in [1.165, 1.54) is 43.7 Å². The van der Waals surface area contributed by atoms with E-state index >= 15 is 0 Å². The third-order valence-electron chi connectivity index (χ3n) is 4.49. The van der Waals surface area contributed by atoms with Crippen LogP contribution in [0.15, 0.2) is 4.99 Å². The molecule has 1 unspecified atom stereocenters. The molecule has 17 heavy (non-hydrogen) atoms. The number of hydrogen-bond acceptors (Lipinski definition) is 3. The Bertz CT molecular complexity index is 310. The summed E-state index contributed by atoms with van der Waals surface area (Å²) in [5.41, 5.74) is 0.569. The number of nitrogens with one attached hydrogen (secondary N) is 1. The molecule has 0 radical (unpaired) electrons. The standard InChI is InChI=1S/C14H24N2S/c1-14(2)7-5-11(6-8-14)16-13-15-9-12(17-13)10-3-4-10/h10-12H,3-9H2,1-2H3,(H,15,16). The number of rotatable bonds is 2. The van der Waals surface area contributed by atoms with Crippen molar-refractivity contribution >= 4 is 16.9 Å². The highest BCUT2D eigenvalue weighted by Gasteiger charge is 2.36. The van der Waals surface area contributed by atoms with E-state index in [2.05, 4.69) is 24.2 Å². The summed E-state index contributed by atoms with van der Waals surface area (Å²) in [4.78, 5) is 4.68. The van der Waals surface area contributed by atoms with Gasteiger partial charge in [0.05, 0.1) is 6.54 Å². The van der Waals surface area contributed by atoms with Gasteiger partial charge in [-0.05, 0) is 49.9 Å². The molecule has 2 aliphatic carbocycles. The Morgan fingerprint density at radius 3 is 2.53 bits per heavy atom. The Kier molecular flexibility index (Phi) is 3.14. The molecule has 0 saturated heterocycles. The van der Waals surface area contributed by atoms with Crippen molar-refractivity contribution in [2.75, 3.05) is 6.54 Å². The summed E-state index contributed by atoms with van der Waals surface area (Å²) in [6.07, 6.45) is 8.24. The third kappa shape index (κ3) is 2.98. The first-order valence-electron chi connectivity index (χ1n) is 7.10. The fourth-order valence-corrected chi connectivity index (χ4v) is 4.19. The lowest BCUT2D eigenvalue weighted by atomic mass is 9.76. The van der Waals surface area contributed by atoms with Crippen LogP contribution >= 0.6 is 11.8 Å². The molecule has 0 aromatic rings. The molecule has 2 fully saturated rings. The van der Waals surface area contributed by atoms with Crippen LogP contribution in [0, 0.1) is 11.3 Å². The van der Waals surface area contributed by atoms with Gasteiger partial charge in [0.1, 0.15) is 0 Å². The van der Waals surface area contributed by atoms with Crippen LogP contribution in [0.1, 0.15) is 52.4 Å². The Morgan fingerprint density at radius 1 is 1.18 bits per heavy atom. The fourth-order valence-electron chi connectivity index (χ4n) is 2.90. The molecule has 3 aliphatic rings. The van der Waals surface area contributed by atoms with Crippen molar-refractivity contribution in [2.24, 2.45) is 16.3 Å². The topological polar surface area (TPSA) is 24.4 Å². The van der Waals surface area contributed by atoms with Crippen molar-refractivity contribution < 1.29 is 0 Å². The van der Waals surface area contributed by atoms with Crippen LogP contribution in [0.3, 0.4) is 0 Å². The second kappa shape index (κ2) is 4.49. The summed E-state index contributed by atoms with van der Waals surface area (Å²) in [6.45, 7) is 5.86. The zero-order chi connectivity index (χ0) is 11.9. The predicted octanol–water partition coefficient (Wildman–Crippen LogP) is 3.43. The van der Waals surface area contributed by atoms with E-state index in [-0.39, 0.29) is 0 Å². The average Bonchev–Trinajstić information content (AvgIpc) is 3.03. The second-order valence-electron chi connectivity index (χ2n) is 6.72. The molecule has 3 rings (SSSR count). The molecule has 0 bridgehead atoms. The van der Waals surface area contributed by atoms with E-state index in [0.29, 0.717) is 11.5 Å². The predicted molar refractivity (Wildman–Crippen MR) is 75.6 cm³/mol. The van der Waals surface area contributed by atoms with Crippen molar-refractivity contribution in [2.45, 2.75) is 63.7 Å². The van der Waals surface area contributed by atoms with Gasteiger partial charge in [-0.15, -0.1) is 0 Å². The van der Waals surface area contributed by atoms with Gasteiger partial charge in [-0.1, -0.05) is 25.6 Å². The number of aliphatic imine (C=N–C) groups is 1. The minimum absolute atomic E-state index is 0.569. The largest absolute Gasteiger partial charge is 0.362 e. The quantitative estimate of drug-likeness (QED) is 0.814. The minimum Gasteiger partial charge on any atom is -0.362 e. The van der Waals surface area contributed by atoms with E-state index in [9.17, 15) is 0 Å². The number of nitrogens with zero attached hydrogens (tertiary/aromatic N) is 1. The van der Waals surface area contributed by atoms with Gasteiger partial charge in [0.25, 0.3) is 0 Å². The zero-order valence-corrected chi connectivity index (χ0v) is 11.9. The van der Waals surface area contributed by atoms with Crippen LogP contribution in [0.2, 0.25) is 0 Å². The van der Waals surface area contributed by atoms with Crippen LogP contribution < -0.4 is 5.32 Å². The van der Waals surface area contributed by atoms with Crippen molar-refractivity contribution in [1.29, 1.82) is 0 Å². The molecule has 0 spiro atoms. The van der Waals surface area contributed by atoms with Crippen molar-refractivity contribution in [3.63, 3.8) is 0 Å². The molecule has 1 N–H and O–H groups in total. The van der Waals surface area contributed by atoms with Crippen molar-refractivity contribution in [3.05, 3.63) is 0 Å². The molecule has 96 valence electrons. The maximum Gasteiger partial charge on any atom is 0.157 e. The number of thioether (sulfide) groups is 1. The zero-order valence-electron chi connectivity index (χ0n) is 11.0. The summed E-state index contributed by atoms with van der Waals surface area (Å²) in [6, 6.07) is 0.687. The maximum absolute atomic E-state index is 4.68. The van der Waals surface area contributed by atoms with Gasteiger partial charge in [0.2, 0.25) is 0 Å². The van der Waals surface area contributed by atoms with Gasteiger partial charge in [-0.25, -0.2) is 0 Å². The Labute approximate surface area is 109 Å². The van der Waals surface area contributed by atoms with Gasteiger partial charge in [0.15, 0.2) is 5.17 Å². The molecule has 0 aromatic carbocycles. The lowest BCUT2D eigenvalue weighted by molar-refractivity contribution is 0.217. The fraction of sp³-hybridized carbons (Fsp3) is 0.929. The molecular weight excluding hydrogens is 228 g/mol. The molecular formula is C14H24N2S. The Morgan fingerprint density at radius 2 is 1.88 bits per heavy atom. The highest BCUT2D eigenvalue weighted by molar-refractivity contribution is 8.14. The maximum atomic E-state index is 4.68. The first-order valence-corrected chi connectivity index (χ1v) is 7.98. The van der Waals surface area contributed by atoms with Crippen LogP contribution in [-0.4, -0.2) is 23.0 Å². The summed E-state index contributed by atoms with van der Waals surface area (Å²) < 4.78 is 0. The summed E-state index contributed by atoms with van der Waals surface area (Å²) in [5, 5.41) is 5.73. The molecule has 1 aliphatic heterocycles. The van der Waals surface area contributed by atoms with Crippen molar-refractivity contribution in [3.8, 4) is 0 Å². The summed E-state index contributed by atoms with van der Waals surface area (Å²) >= 11 is 2.01. The van der Waals surface area contributed by atoms with Gasteiger partial charge in [-0.2, -0.15) is 0 Å². The summed E-state index contributed by atoms with van der Waals surface area (Å²) in [7, 11) is 0. The number of amidine groups is 1. The molecule has 2 nitrogen and oxygen atoms in total. The SMILES string of the molecule is CC1(C)CCC(NC2=NCC(C3CC3)S2)CC1. The van der Waals surface area contributed by atoms with Crippen LogP contribution in [0.5, 0.6) is 0 Å². The molecule has 1 heterocycles. The van der Waals surface area contributed by atoms with E-state index in [4.69, 9.17) is 0 Å². The van der Waals surface area contributed by atoms with Gasteiger partial charge < -0.3 is 5.32 Å². The minimum atomic E-state index is 0.569. The first-order chi connectivity index (χ1) is 8.12. The second-order valence-corrected chi connectivity index (χ2v) is 7.95. The lowest BCUT2D eigenvalue weighted by Crippen LogP contribution is -2.37. The molecule has 0 amide bonds. The van der Waals surface area contributed by atoms with E-state index < -0.39 is 0 Å². The van der Waals surface area contributed by atoms with Gasteiger partial charge in [0, 0.05) is 11.3 Å². The lowest BCUT2D eigenvalue weighted by Gasteiger charge is -2.34. The monoisotopic (exact) mass is 252 g/mol. The smallest absolute Gasteiger partial charge is 0.157 e. The highest BCUT2D eigenvalue weighted by atomic mass is 32.2. The van der Waals surface area contributed by atoms with Crippen LogP contribution in [-0.2, 0) is 0 Å². The van der Waals surface area contributed by atoms with E-state index in [1.54, 1.807) is 0 Å². The average molecular weight is 252 g/mol. The van der Waals surface area contributed by atoms with E-state index in [0.717, 1.165) is 17.7 Å². The van der Waals surface area contributed by atoms with Crippen molar-refractivity contribution in [1.82, 2.24) is 5.32 Å². The first kappa shape index (κ1) is 11.9. The molecule has 0 aromatic heterocycles. The third-order valence-corrected chi connectivity index (χ3v) is 5.80. The molecule has 2 saturated carbocycles. The van der Waals surface area contributed by atoms with Gasteiger partial charge >= 0.3 is 0 Å². The van der Waals surface area contributed by atoms with Crippen LogP contribution in [0.4, 0.5) is 0 Å². The van der Waals surface area contributed by atoms with E-state index in [1.807, 2.05) is 11.8 Å². The highest BCUT2D eigenvalue weighted by Crippen LogP contribution is 2.42. The molecule has 3 heteroatoms. The summed E-state index contributed by atoms with van der Waals surface area (Å²) in [5.74, 6) is 0.980.